The Balaban J connectivity index is 2.33. The van der Waals surface area contributed by atoms with Gasteiger partial charge in [0.2, 0.25) is 0 Å². The highest BCUT2D eigenvalue weighted by atomic mass is 32.1. The van der Waals surface area contributed by atoms with Crippen LogP contribution in [0.3, 0.4) is 0 Å². The van der Waals surface area contributed by atoms with Gasteiger partial charge >= 0.3 is 0 Å². The molecule has 14 heavy (non-hydrogen) atoms. The summed E-state index contributed by atoms with van der Waals surface area (Å²) >= 11 is 1.60. The van der Waals surface area contributed by atoms with E-state index in [4.69, 9.17) is 5.73 Å². The van der Waals surface area contributed by atoms with Crippen molar-refractivity contribution in [2.75, 3.05) is 24.7 Å². The summed E-state index contributed by atoms with van der Waals surface area (Å²) in [6, 6.07) is 0. The van der Waals surface area contributed by atoms with Gasteiger partial charge in [0.15, 0.2) is 11.1 Å². The minimum atomic E-state index is 0.430. The van der Waals surface area contributed by atoms with Crippen LogP contribution in [0.4, 0.5) is 11.1 Å². The van der Waals surface area contributed by atoms with Gasteiger partial charge in [0.05, 0.1) is 16.8 Å². The van der Waals surface area contributed by atoms with Crippen molar-refractivity contribution >= 4 is 22.4 Å². The van der Waals surface area contributed by atoms with Gasteiger partial charge in [-0.05, 0) is 0 Å². The first kappa shape index (κ1) is 9.01. The van der Waals surface area contributed by atoms with Crippen molar-refractivity contribution in [3.05, 3.63) is 12.4 Å². The van der Waals surface area contributed by atoms with Crippen LogP contribution in [0.15, 0.2) is 12.4 Å². The Kier molecular flexibility index (Phi) is 2.12. The number of rotatable bonds is 2. The lowest BCUT2D eigenvalue weighted by atomic mass is 10.4. The van der Waals surface area contributed by atoms with Crippen molar-refractivity contribution in [3.63, 3.8) is 0 Å². The number of nitrogens with one attached hydrogen (secondary N) is 1. The van der Waals surface area contributed by atoms with E-state index in [1.165, 1.54) is 0 Å². The van der Waals surface area contributed by atoms with Crippen LogP contribution in [0, 0.1) is 0 Å². The highest BCUT2D eigenvalue weighted by Gasteiger charge is 2.07. The molecule has 2 aromatic heterocycles. The van der Waals surface area contributed by atoms with Crippen LogP contribution in [-0.4, -0.2) is 29.0 Å². The predicted octanol–water partition coefficient (Wildman–Crippen LogP) is 1.18. The lowest BCUT2D eigenvalue weighted by Gasteiger charge is -2.04. The summed E-state index contributed by atoms with van der Waals surface area (Å²) < 4.78 is 0. The monoisotopic (exact) mass is 209 g/mol. The lowest BCUT2D eigenvalue weighted by molar-refractivity contribution is 1.10. The van der Waals surface area contributed by atoms with E-state index in [0.717, 1.165) is 15.7 Å². The molecule has 0 aromatic carbocycles. The number of hydrogen-bond acceptors (Lipinski definition) is 5. The number of nitrogen functional groups attached to an aromatic ring is 1. The minimum Gasteiger partial charge on any atom is -0.369 e. The fourth-order valence-corrected chi connectivity index (χ4v) is 1.86. The number of thiazole rings is 1. The minimum absolute atomic E-state index is 0.430. The molecule has 2 heterocycles. The molecule has 0 amide bonds. The van der Waals surface area contributed by atoms with Crippen LogP contribution in [0.1, 0.15) is 0 Å². The molecule has 2 rings (SSSR count). The topological polar surface area (TPSA) is 70.8 Å². The second-order valence-electron chi connectivity index (χ2n) is 3.08. The van der Waals surface area contributed by atoms with Crippen LogP contribution in [0.5, 0.6) is 0 Å². The zero-order valence-electron chi connectivity index (χ0n) is 7.98. The summed E-state index contributed by atoms with van der Waals surface area (Å²) in [5.41, 5.74) is 6.40. The number of nitrogens with two attached hydrogens (primary N) is 1. The number of hydrogen-bond donors (Lipinski definition) is 2. The number of imidazole rings is 1. The van der Waals surface area contributed by atoms with Gasteiger partial charge in [-0.2, -0.15) is 0 Å². The van der Waals surface area contributed by atoms with Crippen molar-refractivity contribution in [1.82, 2.24) is 15.0 Å². The van der Waals surface area contributed by atoms with Crippen LogP contribution in [0.2, 0.25) is 0 Å². The van der Waals surface area contributed by atoms with Gasteiger partial charge < -0.3 is 15.6 Å². The van der Waals surface area contributed by atoms with Crippen molar-refractivity contribution in [2.24, 2.45) is 0 Å². The van der Waals surface area contributed by atoms with Crippen LogP contribution in [-0.2, 0) is 0 Å². The van der Waals surface area contributed by atoms with Crippen molar-refractivity contribution in [2.45, 2.75) is 0 Å². The smallest absolute Gasteiger partial charge is 0.197 e. The van der Waals surface area contributed by atoms with Crippen molar-refractivity contribution in [3.8, 4) is 10.6 Å². The molecule has 0 radical (unpaired) electrons. The van der Waals surface area contributed by atoms with Crippen LogP contribution < -0.4 is 10.6 Å². The molecule has 0 aliphatic heterocycles. The molecule has 0 saturated heterocycles. The van der Waals surface area contributed by atoms with Gasteiger partial charge in [-0.1, -0.05) is 11.3 Å². The summed E-state index contributed by atoms with van der Waals surface area (Å²) in [6.45, 7) is 0. The molecule has 0 saturated carbocycles. The Hall–Kier alpha value is -1.56. The summed E-state index contributed by atoms with van der Waals surface area (Å²) in [6.07, 6.45) is 3.52. The standard InChI is InChI=1S/C8H11N5S/c1-13(2)8-11-4-6(14-8)5-3-10-7(9)12-5/h3-4H,1-2H3,(H3,9,10,12). The Labute approximate surface area is 85.6 Å². The third-order valence-electron chi connectivity index (χ3n) is 1.74. The Morgan fingerprint density at radius 3 is 2.64 bits per heavy atom. The quantitative estimate of drug-likeness (QED) is 0.779. The fourth-order valence-electron chi connectivity index (χ4n) is 1.06. The van der Waals surface area contributed by atoms with E-state index >= 15 is 0 Å². The molecular weight excluding hydrogens is 198 g/mol. The van der Waals surface area contributed by atoms with E-state index in [1.54, 1.807) is 17.5 Å². The van der Waals surface area contributed by atoms with E-state index in [0.29, 0.717) is 5.95 Å². The third kappa shape index (κ3) is 1.56. The summed E-state index contributed by atoms with van der Waals surface area (Å²) in [5, 5.41) is 0.966. The number of nitrogens with zero attached hydrogens (tertiary/aromatic N) is 3. The van der Waals surface area contributed by atoms with Crippen molar-refractivity contribution in [1.29, 1.82) is 0 Å². The predicted molar refractivity (Wildman–Crippen MR) is 58.4 cm³/mol. The molecule has 3 N–H and O–H groups in total. The Morgan fingerprint density at radius 1 is 1.36 bits per heavy atom. The highest BCUT2D eigenvalue weighted by molar-refractivity contribution is 7.18. The second-order valence-corrected chi connectivity index (χ2v) is 4.09. The van der Waals surface area contributed by atoms with Gasteiger partial charge in [-0.25, -0.2) is 9.97 Å². The molecule has 0 aliphatic rings. The molecule has 6 heteroatoms. The first-order chi connectivity index (χ1) is 6.66. The first-order valence-electron chi connectivity index (χ1n) is 4.11. The van der Waals surface area contributed by atoms with E-state index in [1.807, 2.05) is 25.2 Å². The second kappa shape index (κ2) is 3.30. The molecule has 74 valence electrons. The Bertz CT molecular complexity index is 430. The molecule has 0 spiro atoms. The maximum Gasteiger partial charge on any atom is 0.197 e. The van der Waals surface area contributed by atoms with E-state index in [2.05, 4.69) is 15.0 Å². The average Bonchev–Trinajstić information content (AvgIpc) is 2.70. The molecule has 2 aromatic rings. The van der Waals surface area contributed by atoms with Gasteiger partial charge in [0.1, 0.15) is 0 Å². The van der Waals surface area contributed by atoms with E-state index < -0.39 is 0 Å². The molecule has 5 nitrogen and oxygen atoms in total. The SMILES string of the molecule is CN(C)c1ncc(-c2cnc(N)[nH]2)s1. The Morgan fingerprint density at radius 2 is 2.14 bits per heavy atom. The van der Waals surface area contributed by atoms with E-state index in [9.17, 15) is 0 Å². The molecule has 0 unspecified atom stereocenters. The largest absolute Gasteiger partial charge is 0.369 e. The maximum atomic E-state index is 5.49. The number of H-pyrrole nitrogens is 1. The van der Waals surface area contributed by atoms with Crippen molar-refractivity contribution < 1.29 is 0 Å². The zero-order chi connectivity index (χ0) is 10.1. The summed E-state index contributed by atoms with van der Waals surface area (Å²) in [4.78, 5) is 14.2. The van der Waals surface area contributed by atoms with E-state index in [-0.39, 0.29) is 0 Å². The number of aromatic nitrogens is 3. The van der Waals surface area contributed by atoms with Gasteiger partial charge in [0.25, 0.3) is 0 Å². The van der Waals surface area contributed by atoms with Gasteiger partial charge in [-0.3, -0.25) is 0 Å². The number of aromatic amines is 1. The van der Waals surface area contributed by atoms with Gasteiger partial charge in [-0.15, -0.1) is 0 Å². The normalized spacial score (nSPS) is 10.4. The van der Waals surface area contributed by atoms with Crippen LogP contribution in [0.25, 0.3) is 10.6 Å². The molecule has 0 aliphatic carbocycles. The maximum absolute atomic E-state index is 5.49. The zero-order valence-corrected chi connectivity index (χ0v) is 8.80. The molecule has 0 fully saturated rings. The summed E-state index contributed by atoms with van der Waals surface area (Å²) in [7, 11) is 3.92. The van der Waals surface area contributed by atoms with Gasteiger partial charge in [0, 0.05) is 20.3 Å². The molecular formula is C8H11N5S. The summed E-state index contributed by atoms with van der Waals surface area (Å²) in [5.74, 6) is 0.430. The fraction of sp³-hybridized carbons (Fsp3) is 0.250. The highest BCUT2D eigenvalue weighted by Crippen LogP contribution is 2.28. The molecule has 0 bridgehead atoms. The lowest BCUT2D eigenvalue weighted by Crippen LogP contribution is -2.07. The third-order valence-corrected chi connectivity index (χ3v) is 2.94. The number of anilines is 2. The molecule has 0 atom stereocenters. The van der Waals surface area contributed by atoms with Crippen LogP contribution >= 0.6 is 11.3 Å². The first-order valence-corrected chi connectivity index (χ1v) is 4.92. The average molecular weight is 209 g/mol.